The largest absolute Gasteiger partial charge is 0.448 e. The molecule has 0 saturated heterocycles. The molecule has 1 unspecified atom stereocenters. The molecule has 5 rings (SSSR count). The SMILES string of the molecule is O=C1OC(C(=O)N2CCc3[nH]c4ccc(F)cc4c3C2)Cc2ccccc21. The predicted molar refractivity (Wildman–Crippen MR) is 96.7 cm³/mol. The van der Waals surface area contributed by atoms with Gasteiger partial charge in [0.15, 0.2) is 6.10 Å². The van der Waals surface area contributed by atoms with Crippen molar-refractivity contribution >= 4 is 22.8 Å². The average Bonchev–Trinajstić information content (AvgIpc) is 3.04. The summed E-state index contributed by atoms with van der Waals surface area (Å²) >= 11 is 0. The highest BCUT2D eigenvalue weighted by Gasteiger charge is 2.35. The first-order valence-corrected chi connectivity index (χ1v) is 8.97. The topological polar surface area (TPSA) is 62.4 Å². The average molecular weight is 364 g/mol. The number of esters is 1. The number of benzene rings is 2. The summed E-state index contributed by atoms with van der Waals surface area (Å²) in [4.78, 5) is 30.2. The molecular weight excluding hydrogens is 347 g/mol. The van der Waals surface area contributed by atoms with Gasteiger partial charge in [-0.05, 0) is 29.8 Å². The molecule has 0 saturated carbocycles. The molecule has 136 valence electrons. The Morgan fingerprint density at radius 1 is 1.22 bits per heavy atom. The van der Waals surface area contributed by atoms with Crippen molar-refractivity contribution < 1.29 is 18.7 Å². The fourth-order valence-electron chi connectivity index (χ4n) is 4.05. The summed E-state index contributed by atoms with van der Waals surface area (Å²) in [7, 11) is 0. The first-order chi connectivity index (χ1) is 13.1. The van der Waals surface area contributed by atoms with E-state index in [4.69, 9.17) is 4.74 Å². The second-order valence-electron chi connectivity index (χ2n) is 7.04. The van der Waals surface area contributed by atoms with Crippen LogP contribution in [-0.2, 0) is 28.9 Å². The molecule has 1 atom stereocenters. The summed E-state index contributed by atoms with van der Waals surface area (Å²) in [6, 6.07) is 11.8. The maximum atomic E-state index is 13.7. The van der Waals surface area contributed by atoms with Gasteiger partial charge < -0.3 is 14.6 Å². The molecule has 3 heterocycles. The molecule has 1 amide bonds. The Bertz CT molecular complexity index is 1090. The van der Waals surface area contributed by atoms with Crippen LogP contribution < -0.4 is 0 Å². The molecule has 0 spiro atoms. The summed E-state index contributed by atoms with van der Waals surface area (Å²) in [5.74, 6) is -0.957. The lowest BCUT2D eigenvalue weighted by molar-refractivity contribution is -0.142. The van der Waals surface area contributed by atoms with E-state index in [-0.39, 0.29) is 11.7 Å². The number of ether oxygens (including phenoxy) is 1. The molecule has 2 aliphatic heterocycles. The molecule has 1 N–H and O–H groups in total. The number of carbonyl (C=O) groups is 2. The molecular formula is C21H17FN2O3. The maximum Gasteiger partial charge on any atom is 0.339 e. The maximum absolute atomic E-state index is 13.7. The van der Waals surface area contributed by atoms with E-state index >= 15 is 0 Å². The molecule has 1 aromatic heterocycles. The Morgan fingerprint density at radius 3 is 2.96 bits per heavy atom. The van der Waals surface area contributed by atoms with Crippen molar-refractivity contribution in [2.24, 2.45) is 0 Å². The van der Waals surface area contributed by atoms with Crippen LogP contribution in [0.4, 0.5) is 4.39 Å². The van der Waals surface area contributed by atoms with Gasteiger partial charge in [-0.2, -0.15) is 0 Å². The summed E-state index contributed by atoms with van der Waals surface area (Å²) in [5.41, 5.74) is 4.19. The number of amides is 1. The third-order valence-electron chi connectivity index (χ3n) is 5.42. The Balaban J connectivity index is 1.42. The van der Waals surface area contributed by atoms with Crippen LogP contribution in [0, 0.1) is 5.82 Å². The highest BCUT2D eigenvalue weighted by molar-refractivity contribution is 5.96. The van der Waals surface area contributed by atoms with Crippen LogP contribution in [0.25, 0.3) is 10.9 Å². The summed E-state index contributed by atoms with van der Waals surface area (Å²) in [6.07, 6.45) is 0.234. The van der Waals surface area contributed by atoms with Crippen molar-refractivity contribution in [3.8, 4) is 0 Å². The van der Waals surface area contributed by atoms with E-state index in [1.54, 1.807) is 23.1 Å². The molecule has 2 aromatic carbocycles. The van der Waals surface area contributed by atoms with Crippen molar-refractivity contribution in [1.82, 2.24) is 9.88 Å². The zero-order chi connectivity index (χ0) is 18.5. The number of hydrogen-bond donors (Lipinski definition) is 1. The van der Waals surface area contributed by atoms with Crippen LogP contribution in [0.1, 0.15) is 27.2 Å². The van der Waals surface area contributed by atoms with Crippen molar-refractivity contribution in [3.63, 3.8) is 0 Å². The number of hydrogen-bond acceptors (Lipinski definition) is 3. The molecule has 0 bridgehead atoms. The molecule has 0 aliphatic carbocycles. The van der Waals surface area contributed by atoms with Crippen LogP contribution >= 0.6 is 0 Å². The fraction of sp³-hybridized carbons (Fsp3) is 0.238. The minimum absolute atomic E-state index is 0.200. The number of aromatic amines is 1. The molecule has 0 radical (unpaired) electrons. The van der Waals surface area contributed by atoms with E-state index in [0.717, 1.165) is 27.7 Å². The lowest BCUT2D eigenvalue weighted by Crippen LogP contribution is -2.46. The summed E-state index contributed by atoms with van der Waals surface area (Å²) in [5, 5.41) is 0.800. The second kappa shape index (κ2) is 5.94. The van der Waals surface area contributed by atoms with Crippen LogP contribution in [0.5, 0.6) is 0 Å². The van der Waals surface area contributed by atoms with Gasteiger partial charge in [0.25, 0.3) is 5.91 Å². The van der Waals surface area contributed by atoms with E-state index in [9.17, 15) is 14.0 Å². The van der Waals surface area contributed by atoms with Gasteiger partial charge in [0.2, 0.25) is 0 Å². The standard InChI is InChI=1S/C21H17FN2O3/c22-13-5-6-17-15(10-13)16-11-24(8-7-18(16)23-17)20(25)19-9-12-3-1-2-4-14(12)21(26)27-19/h1-6,10,19,23H,7-9,11H2. The Hall–Kier alpha value is -3.15. The number of nitrogens with zero attached hydrogens (tertiary/aromatic N) is 1. The minimum Gasteiger partial charge on any atom is -0.448 e. The van der Waals surface area contributed by atoms with Crippen molar-refractivity contribution in [2.45, 2.75) is 25.5 Å². The Morgan fingerprint density at radius 2 is 2.07 bits per heavy atom. The first kappa shape index (κ1) is 16.1. The number of fused-ring (bicyclic) bond motifs is 4. The zero-order valence-corrected chi connectivity index (χ0v) is 14.5. The highest BCUT2D eigenvalue weighted by atomic mass is 19.1. The molecule has 2 aliphatic rings. The van der Waals surface area contributed by atoms with E-state index < -0.39 is 12.1 Å². The predicted octanol–water partition coefficient (Wildman–Crippen LogP) is 2.97. The van der Waals surface area contributed by atoms with Gasteiger partial charge in [-0.15, -0.1) is 0 Å². The van der Waals surface area contributed by atoms with Gasteiger partial charge in [0.05, 0.1) is 5.56 Å². The number of H-pyrrole nitrogens is 1. The number of aromatic nitrogens is 1. The van der Waals surface area contributed by atoms with Crippen molar-refractivity contribution in [3.05, 3.63) is 70.7 Å². The summed E-state index contributed by atoms with van der Waals surface area (Å²) < 4.78 is 19.1. The molecule has 6 heteroatoms. The second-order valence-corrected chi connectivity index (χ2v) is 7.04. The number of carbonyl (C=O) groups excluding carboxylic acids is 2. The van der Waals surface area contributed by atoms with Gasteiger partial charge in [0.1, 0.15) is 5.82 Å². The van der Waals surface area contributed by atoms with E-state index in [0.29, 0.717) is 31.5 Å². The summed E-state index contributed by atoms with van der Waals surface area (Å²) in [6.45, 7) is 0.921. The lowest BCUT2D eigenvalue weighted by atomic mass is 9.97. The van der Waals surface area contributed by atoms with Crippen LogP contribution in [0.2, 0.25) is 0 Å². The van der Waals surface area contributed by atoms with Crippen molar-refractivity contribution in [1.29, 1.82) is 0 Å². The van der Waals surface area contributed by atoms with E-state index in [1.807, 2.05) is 12.1 Å². The lowest BCUT2D eigenvalue weighted by Gasteiger charge is -2.32. The Kier molecular flexibility index (Phi) is 3.53. The van der Waals surface area contributed by atoms with Crippen molar-refractivity contribution in [2.75, 3.05) is 6.54 Å². The molecule has 27 heavy (non-hydrogen) atoms. The number of nitrogens with one attached hydrogen (secondary N) is 1. The van der Waals surface area contributed by atoms with Gasteiger partial charge in [-0.25, -0.2) is 9.18 Å². The number of rotatable bonds is 1. The molecule has 3 aromatic rings. The fourth-order valence-corrected chi connectivity index (χ4v) is 4.05. The van der Waals surface area contributed by atoms with Gasteiger partial charge in [-0.1, -0.05) is 18.2 Å². The first-order valence-electron chi connectivity index (χ1n) is 8.97. The quantitative estimate of drug-likeness (QED) is 0.676. The smallest absolute Gasteiger partial charge is 0.339 e. The minimum atomic E-state index is -0.809. The van der Waals surface area contributed by atoms with E-state index in [2.05, 4.69) is 4.98 Å². The molecule has 0 fully saturated rings. The van der Waals surface area contributed by atoms with Crippen LogP contribution in [0.15, 0.2) is 42.5 Å². The van der Waals surface area contributed by atoms with Gasteiger partial charge in [0, 0.05) is 48.1 Å². The third-order valence-corrected chi connectivity index (χ3v) is 5.42. The monoisotopic (exact) mass is 364 g/mol. The van der Waals surface area contributed by atoms with Crippen LogP contribution in [0.3, 0.4) is 0 Å². The van der Waals surface area contributed by atoms with E-state index in [1.165, 1.54) is 12.1 Å². The Labute approximate surface area is 154 Å². The normalized spacial score (nSPS) is 18.8. The zero-order valence-electron chi connectivity index (χ0n) is 14.5. The van der Waals surface area contributed by atoms with Crippen LogP contribution in [-0.4, -0.2) is 34.4 Å². The highest BCUT2D eigenvalue weighted by Crippen LogP contribution is 2.30. The number of halogens is 1. The van der Waals surface area contributed by atoms with Gasteiger partial charge in [-0.3, -0.25) is 4.79 Å². The number of cyclic esters (lactones) is 1. The molecule has 5 nitrogen and oxygen atoms in total. The third kappa shape index (κ3) is 2.60. The van der Waals surface area contributed by atoms with Gasteiger partial charge >= 0.3 is 5.97 Å².